The van der Waals surface area contributed by atoms with E-state index in [0.29, 0.717) is 0 Å². The highest BCUT2D eigenvalue weighted by molar-refractivity contribution is 8.68. The molecule has 1 atom stereocenters. The van der Waals surface area contributed by atoms with Gasteiger partial charge >= 0.3 is 0 Å². The van der Waals surface area contributed by atoms with Crippen molar-refractivity contribution in [1.29, 1.82) is 0 Å². The van der Waals surface area contributed by atoms with Gasteiger partial charge in [0.25, 0.3) is 0 Å². The largest absolute Gasteiger partial charge is 0.204 e. The summed E-state index contributed by atoms with van der Waals surface area (Å²) in [6.07, 6.45) is 0. The second-order valence-corrected chi connectivity index (χ2v) is 3.97. The average Bonchev–Trinajstić information content (AvgIpc) is 2.08. The smallest absolute Gasteiger partial charge is 0.159 e. The van der Waals surface area contributed by atoms with Crippen LogP contribution < -0.4 is 0 Å². The number of hydrogen-bond acceptors (Lipinski definition) is 2. The van der Waals surface area contributed by atoms with Gasteiger partial charge in [-0.2, -0.15) is 0 Å². The lowest BCUT2D eigenvalue weighted by molar-refractivity contribution is 0.507. The molecule has 66 valence electrons. The van der Waals surface area contributed by atoms with E-state index in [1.165, 1.54) is 16.9 Å². The molecule has 1 aromatic rings. The van der Waals surface area contributed by atoms with Gasteiger partial charge in [0, 0.05) is 5.25 Å². The third-order valence-corrected chi connectivity index (χ3v) is 3.11. The maximum absolute atomic E-state index is 12.7. The van der Waals surface area contributed by atoms with Crippen LogP contribution in [0.2, 0.25) is 0 Å². The Balaban J connectivity index is 2.96. The first kappa shape index (κ1) is 9.86. The van der Waals surface area contributed by atoms with E-state index in [9.17, 15) is 8.78 Å². The molecule has 0 aliphatic carbocycles. The summed E-state index contributed by atoms with van der Waals surface area (Å²) in [5, 5.41) is 0.0726. The van der Waals surface area contributed by atoms with Gasteiger partial charge in [0.15, 0.2) is 11.6 Å². The second kappa shape index (κ2) is 4.14. The van der Waals surface area contributed by atoms with Crippen molar-refractivity contribution in [2.75, 3.05) is 0 Å². The molecule has 0 saturated heterocycles. The number of hydrogen-bond donors (Lipinski definition) is 1. The van der Waals surface area contributed by atoms with Gasteiger partial charge < -0.3 is 0 Å². The molecule has 0 spiro atoms. The minimum absolute atomic E-state index is 0.0726. The van der Waals surface area contributed by atoms with Crippen molar-refractivity contribution in [3.05, 3.63) is 35.4 Å². The minimum atomic E-state index is -0.810. The molecule has 12 heavy (non-hydrogen) atoms. The second-order valence-electron chi connectivity index (χ2n) is 2.42. The summed E-state index contributed by atoms with van der Waals surface area (Å²) >= 11 is 3.99. The highest BCUT2D eigenvalue weighted by atomic mass is 33.1. The van der Waals surface area contributed by atoms with Gasteiger partial charge in [-0.05, 0) is 24.6 Å². The van der Waals surface area contributed by atoms with Crippen LogP contribution in [0.25, 0.3) is 0 Å². The van der Waals surface area contributed by atoms with E-state index in [1.807, 2.05) is 6.92 Å². The van der Waals surface area contributed by atoms with Crippen molar-refractivity contribution in [3.63, 3.8) is 0 Å². The fourth-order valence-corrected chi connectivity index (χ4v) is 1.46. The molecule has 0 radical (unpaired) electrons. The first-order valence-electron chi connectivity index (χ1n) is 3.40. The molecule has 0 nitrogen and oxygen atoms in total. The standard InChI is InChI=1S/C8H8F2S2/c1-5(12-11)6-2-3-7(9)8(10)4-6/h2-5,11H,1H3. The van der Waals surface area contributed by atoms with Crippen molar-refractivity contribution in [1.82, 2.24) is 0 Å². The SMILES string of the molecule is CC(SS)c1ccc(F)c(F)c1. The molecule has 0 bridgehead atoms. The molecule has 0 N–H and O–H groups in total. The van der Waals surface area contributed by atoms with Gasteiger partial charge in [0.2, 0.25) is 0 Å². The van der Waals surface area contributed by atoms with Crippen LogP contribution >= 0.6 is 22.5 Å². The van der Waals surface area contributed by atoms with E-state index >= 15 is 0 Å². The van der Waals surface area contributed by atoms with Crippen LogP contribution in [0.1, 0.15) is 17.7 Å². The average molecular weight is 206 g/mol. The maximum Gasteiger partial charge on any atom is 0.159 e. The van der Waals surface area contributed by atoms with Crippen LogP contribution in [-0.2, 0) is 0 Å². The third kappa shape index (κ3) is 2.14. The van der Waals surface area contributed by atoms with Gasteiger partial charge in [0.05, 0.1) is 0 Å². The molecule has 4 heteroatoms. The highest BCUT2D eigenvalue weighted by Gasteiger charge is 2.07. The number of halogens is 2. The van der Waals surface area contributed by atoms with Crippen molar-refractivity contribution in [3.8, 4) is 0 Å². The Labute approximate surface area is 79.2 Å². The molecule has 0 amide bonds. The summed E-state index contributed by atoms with van der Waals surface area (Å²) in [5.74, 6) is -1.61. The van der Waals surface area contributed by atoms with E-state index < -0.39 is 11.6 Å². The lowest BCUT2D eigenvalue weighted by atomic mass is 10.1. The van der Waals surface area contributed by atoms with Gasteiger partial charge in [-0.3, -0.25) is 0 Å². The van der Waals surface area contributed by atoms with Gasteiger partial charge in [-0.25, -0.2) is 8.78 Å². The number of benzene rings is 1. The number of thiol groups is 1. The Morgan fingerprint density at radius 2 is 2.00 bits per heavy atom. The van der Waals surface area contributed by atoms with Crippen molar-refractivity contribution < 1.29 is 8.78 Å². The van der Waals surface area contributed by atoms with E-state index in [0.717, 1.165) is 11.6 Å². The maximum atomic E-state index is 12.7. The Hall–Kier alpha value is -0.220. The van der Waals surface area contributed by atoms with Crippen LogP contribution in [0.3, 0.4) is 0 Å². The van der Waals surface area contributed by atoms with Gasteiger partial charge in [-0.15, -0.1) is 11.7 Å². The topological polar surface area (TPSA) is 0 Å². The summed E-state index contributed by atoms with van der Waals surface area (Å²) in [5.41, 5.74) is 0.744. The molecule has 1 aromatic carbocycles. The van der Waals surface area contributed by atoms with Crippen LogP contribution in [0.4, 0.5) is 8.78 Å². The fraction of sp³-hybridized carbons (Fsp3) is 0.250. The van der Waals surface area contributed by atoms with Gasteiger partial charge in [-0.1, -0.05) is 16.9 Å². The lowest BCUT2D eigenvalue weighted by Crippen LogP contribution is -1.90. The zero-order valence-corrected chi connectivity index (χ0v) is 8.13. The predicted octanol–water partition coefficient (Wildman–Crippen LogP) is 3.60. The highest BCUT2D eigenvalue weighted by Crippen LogP contribution is 2.31. The van der Waals surface area contributed by atoms with Crippen LogP contribution in [-0.4, -0.2) is 0 Å². The molecule has 0 aliphatic heterocycles. The molecule has 0 heterocycles. The van der Waals surface area contributed by atoms with E-state index in [-0.39, 0.29) is 5.25 Å². The molecular weight excluding hydrogens is 198 g/mol. The normalized spacial score (nSPS) is 13.0. The first-order chi connectivity index (χ1) is 5.65. The molecule has 0 aromatic heterocycles. The molecule has 0 saturated carbocycles. The summed E-state index contributed by atoms with van der Waals surface area (Å²) in [4.78, 5) is 0. The van der Waals surface area contributed by atoms with Crippen molar-refractivity contribution in [2.24, 2.45) is 0 Å². The zero-order chi connectivity index (χ0) is 9.14. The Kier molecular flexibility index (Phi) is 3.40. The molecule has 1 rings (SSSR count). The molecular formula is C8H8F2S2. The van der Waals surface area contributed by atoms with Crippen molar-refractivity contribution in [2.45, 2.75) is 12.2 Å². The van der Waals surface area contributed by atoms with Crippen molar-refractivity contribution >= 4 is 22.5 Å². The molecule has 0 fully saturated rings. The van der Waals surface area contributed by atoms with E-state index in [4.69, 9.17) is 0 Å². The van der Waals surface area contributed by atoms with Crippen LogP contribution in [0, 0.1) is 11.6 Å². The lowest BCUT2D eigenvalue weighted by Gasteiger charge is -2.06. The van der Waals surface area contributed by atoms with Crippen LogP contribution in [0.5, 0.6) is 0 Å². The van der Waals surface area contributed by atoms with E-state index in [2.05, 4.69) is 11.7 Å². The summed E-state index contributed by atoms with van der Waals surface area (Å²) in [6, 6.07) is 3.89. The van der Waals surface area contributed by atoms with Crippen LogP contribution in [0.15, 0.2) is 18.2 Å². The Morgan fingerprint density at radius 1 is 1.33 bits per heavy atom. The predicted molar refractivity (Wildman–Crippen MR) is 51.4 cm³/mol. The molecule has 0 aliphatic rings. The minimum Gasteiger partial charge on any atom is -0.204 e. The number of rotatable bonds is 2. The monoisotopic (exact) mass is 206 g/mol. The molecule has 1 unspecified atom stereocenters. The fourth-order valence-electron chi connectivity index (χ4n) is 0.826. The quantitative estimate of drug-likeness (QED) is 0.570. The Bertz CT molecular complexity index is 276. The summed E-state index contributed by atoms with van der Waals surface area (Å²) in [7, 11) is 1.30. The van der Waals surface area contributed by atoms with E-state index in [1.54, 1.807) is 6.07 Å². The summed E-state index contributed by atoms with van der Waals surface area (Å²) in [6.45, 7) is 1.88. The first-order valence-corrected chi connectivity index (χ1v) is 5.33. The Morgan fingerprint density at radius 3 is 2.50 bits per heavy atom. The third-order valence-electron chi connectivity index (χ3n) is 1.57. The van der Waals surface area contributed by atoms with Gasteiger partial charge in [0.1, 0.15) is 0 Å². The zero-order valence-electron chi connectivity index (χ0n) is 6.42. The summed E-state index contributed by atoms with van der Waals surface area (Å²) < 4.78 is 25.1.